The van der Waals surface area contributed by atoms with Crippen LogP contribution in [0, 0.1) is 5.92 Å². The molecular formula is C12H18N2O2S. The number of hydrogen-bond acceptors (Lipinski definition) is 4. The van der Waals surface area contributed by atoms with Gasteiger partial charge in [0, 0.05) is 31.3 Å². The summed E-state index contributed by atoms with van der Waals surface area (Å²) in [5.41, 5.74) is 1.12. The Morgan fingerprint density at radius 2 is 2.47 bits per heavy atom. The average Bonchev–Trinajstić information content (AvgIpc) is 2.37. The van der Waals surface area contributed by atoms with Crippen molar-refractivity contribution in [2.24, 2.45) is 5.92 Å². The highest BCUT2D eigenvalue weighted by molar-refractivity contribution is 7.99. The number of carbonyl (C=O) groups excluding carboxylic acids is 1. The summed E-state index contributed by atoms with van der Waals surface area (Å²) in [4.78, 5) is 15.4. The van der Waals surface area contributed by atoms with E-state index in [9.17, 15) is 4.79 Å². The molecule has 0 spiro atoms. The first-order valence-electron chi connectivity index (χ1n) is 5.56. The highest BCUT2D eigenvalue weighted by Gasteiger charge is 2.04. The summed E-state index contributed by atoms with van der Waals surface area (Å²) in [7, 11) is 0. The first-order chi connectivity index (χ1) is 8.22. The third-order valence-corrected chi connectivity index (χ3v) is 3.19. The van der Waals surface area contributed by atoms with E-state index in [0.29, 0.717) is 12.3 Å². The largest absolute Gasteiger partial charge is 0.396 e. The van der Waals surface area contributed by atoms with E-state index in [-0.39, 0.29) is 18.4 Å². The van der Waals surface area contributed by atoms with E-state index in [0.717, 1.165) is 11.3 Å². The van der Waals surface area contributed by atoms with Gasteiger partial charge in [-0.1, -0.05) is 13.0 Å². The molecule has 1 atom stereocenters. The second-order valence-electron chi connectivity index (χ2n) is 3.95. The van der Waals surface area contributed by atoms with Crippen LogP contribution in [0.1, 0.15) is 12.5 Å². The molecule has 1 unspecified atom stereocenters. The van der Waals surface area contributed by atoms with E-state index in [1.807, 2.05) is 19.1 Å². The molecule has 1 aromatic heterocycles. The zero-order valence-electron chi connectivity index (χ0n) is 9.93. The zero-order valence-corrected chi connectivity index (χ0v) is 10.7. The van der Waals surface area contributed by atoms with Crippen molar-refractivity contribution in [3.8, 4) is 0 Å². The maximum absolute atomic E-state index is 11.4. The maximum Gasteiger partial charge on any atom is 0.230 e. The Morgan fingerprint density at radius 3 is 3.12 bits per heavy atom. The molecular weight excluding hydrogens is 236 g/mol. The molecule has 0 saturated heterocycles. The number of rotatable bonds is 7. The molecule has 0 aliphatic rings. The molecule has 94 valence electrons. The quantitative estimate of drug-likeness (QED) is 0.764. The van der Waals surface area contributed by atoms with Crippen LogP contribution >= 0.6 is 11.8 Å². The van der Waals surface area contributed by atoms with Crippen LogP contribution in [0.4, 0.5) is 0 Å². The van der Waals surface area contributed by atoms with Crippen LogP contribution in [-0.2, 0) is 10.5 Å². The standard InChI is InChI=1S/C12H18N2O2S/c1-10(7-15)5-14-12(16)9-17-8-11-3-2-4-13-6-11/h2-4,6,10,15H,5,7-9H2,1H3,(H,14,16). The van der Waals surface area contributed by atoms with E-state index in [1.54, 1.807) is 24.2 Å². The van der Waals surface area contributed by atoms with E-state index in [2.05, 4.69) is 10.3 Å². The average molecular weight is 254 g/mol. The first kappa shape index (κ1) is 14.0. The fourth-order valence-electron chi connectivity index (χ4n) is 1.15. The maximum atomic E-state index is 11.4. The van der Waals surface area contributed by atoms with Gasteiger partial charge in [-0.3, -0.25) is 9.78 Å². The monoisotopic (exact) mass is 254 g/mol. The van der Waals surface area contributed by atoms with Crippen molar-refractivity contribution < 1.29 is 9.90 Å². The third kappa shape index (κ3) is 6.28. The van der Waals surface area contributed by atoms with Crippen molar-refractivity contribution in [2.75, 3.05) is 18.9 Å². The fourth-order valence-corrected chi connectivity index (χ4v) is 1.94. The first-order valence-corrected chi connectivity index (χ1v) is 6.72. The molecule has 0 aromatic carbocycles. The Balaban J connectivity index is 2.12. The summed E-state index contributed by atoms with van der Waals surface area (Å²) in [6.07, 6.45) is 3.54. The lowest BCUT2D eigenvalue weighted by molar-refractivity contribution is -0.118. The van der Waals surface area contributed by atoms with Crippen LogP contribution in [0.25, 0.3) is 0 Å². The van der Waals surface area contributed by atoms with Crippen molar-refractivity contribution in [2.45, 2.75) is 12.7 Å². The number of aliphatic hydroxyl groups is 1. The number of nitrogens with zero attached hydrogens (tertiary/aromatic N) is 1. The minimum Gasteiger partial charge on any atom is -0.396 e. The number of nitrogens with one attached hydrogen (secondary N) is 1. The number of aromatic nitrogens is 1. The fraction of sp³-hybridized carbons (Fsp3) is 0.500. The zero-order chi connectivity index (χ0) is 12.5. The predicted octanol–water partition coefficient (Wildman–Crippen LogP) is 1.06. The van der Waals surface area contributed by atoms with E-state index >= 15 is 0 Å². The molecule has 4 nitrogen and oxygen atoms in total. The topological polar surface area (TPSA) is 62.2 Å². The van der Waals surface area contributed by atoms with E-state index in [1.165, 1.54) is 0 Å². The van der Waals surface area contributed by atoms with Gasteiger partial charge in [-0.15, -0.1) is 11.8 Å². The Labute approximate surface area is 106 Å². The Kier molecular flexibility index (Phi) is 6.65. The van der Waals surface area contributed by atoms with Crippen molar-refractivity contribution in [1.29, 1.82) is 0 Å². The van der Waals surface area contributed by atoms with Crippen molar-refractivity contribution in [1.82, 2.24) is 10.3 Å². The molecule has 0 aliphatic heterocycles. The lowest BCUT2D eigenvalue weighted by atomic mass is 10.2. The Bertz CT molecular complexity index is 333. The predicted molar refractivity (Wildman–Crippen MR) is 69.7 cm³/mol. The number of pyridine rings is 1. The molecule has 0 radical (unpaired) electrons. The number of carbonyl (C=O) groups is 1. The number of amides is 1. The lowest BCUT2D eigenvalue weighted by Crippen LogP contribution is -2.30. The molecule has 17 heavy (non-hydrogen) atoms. The Hall–Kier alpha value is -1.07. The van der Waals surface area contributed by atoms with Gasteiger partial charge in [0.15, 0.2) is 0 Å². The molecule has 1 aromatic rings. The molecule has 0 bridgehead atoms. The number of hydrogen-bond donors (Lipinski definition) is 2. The van der Waals surface area contributed by atoms with E-state index < -0.39 is 0 Å². The second-order valence-corrected chi connectivity index (χ2v) is 4.93. The summed E-state index contributed by atoms with van der Waals surface area (Å²) < 4.78 is 0. The SMILES string of the molecule is CC(CO)CNC(=O)CSCc1cccnc1. The number of aliphatic hydroxyl groups excluding tert-OH is 1. The normalized spacial score (nSPS) is 12.1. The minimum absolute atomic E-state index is 0.0131. The van der Waals surface area contributed by atoms with Gasteiger partial charge in [0.1, 0.15) is 0 Å². The molecule has 2 N–H and O–H groups in total. The van der Waals surface area contributed by atoms with Gasteiger partial charge in [-0.25, -0.2) is 0 Å². The second kappa shape index (κ2) is 8.08. The van der Waals surface area contributed by atoms with Crippen LogP contribution in [0.15, 0.2) is 24.5 Å². The smallest absolute Gasteiger partial charge is 0.230 e. The number of thioether (sulfide) groups is 1. The van der Waals surface area contributed by atoms with Gasteiger partial charge in [-0.2, -0.15) is 0 Å². The third-order valence-electron chi connectivity index (χ3n) is 2.18. The summed E-state index contributed by atoms with van der Waals surface area (Å²) >= 11 is 1.56. The van der Waals surface area contributed by atoms with Crippen LogP contribution in [0.2, 0.25) is 0 Å². The molecule has 5 heteroatoms. The molecule has 1 amide bonds. The van der Waals surface area contributed by atoms with Crippen molar-refractivity contribution in [3.63, 3.8) is 0 Å². The van der Waals surface area contributed by atoms with Gasteiger partial charge in [-0.05, 0) is 17.5 Å². The van der Waals surface area contributed by atoms with Gasteiger partial charge in [0.05, 0.1) is 5.75 Å². The molecule has 0 fully saturated rings. The van der Waals surface area contributed by atoms with Crippen molar-refractivity contribution in [3.05, 3.63) is 30.1 Å². The van der Waals surface area contributed by atoms with Crippen LogP contribution in [0.3, 0.4) is 0 Å². The van der Waals surface area contributed by atoms with Crippen LogP contribution in [-0.4, -0.2) is 34.9 Å². The highest BCUT2D eigenvalue weighted by Crippen LogP contribution is 2.09. The Morgan fingerprint density at radius 1 is 1.65 bits per heavy atom. The molecule has 0 aliphatic carbocycles. The van der Waals surface area contributed by atoms with Gasteiger partial charge in [0.2, 0.25) is 5.91 Å². The van der Waals surface area contributed by atoms with Gasteiger partial charge >= 0.3 is 0 Å². The van der Waals surface area contributed by atoms with Crippen LogP contribution in [0.5, 0.6) is 0 Å². The summed E-state index contributed by atoms with van der Waals surface area (Å²) in [6.45, 7) is 2.52. The van der Waals surface area contributed by atoms with Gasteiger partial charge < -0.3 is 10.4 Å². The molecule has 1 rings (SSSR count). The van der Waals surface area contributed by atoms with E-state index in [4.69, 9.17) is 5.11 Å². The molecule has 1 heterocycles. The lowest BCUT2D eigenvalue weighted by Gasteiger charge is -2.09. The van der Waals surface area contributed by atoms with Crippen molar-refractivity contribution >= 4 is 17.7 Å². The minimum atomic E-state index is 0.0131. The van der Waals surface area contributed by atoms with Gasteiger partial charge in [0.25, 0.3) is 0 Å². The summed E-state index contributed by atoms with van der Waals surface area (Å²) in [6, 6.07) is 3.88. The molecule has 0 saturated carbocycles. The highest BCUT2D eigenvalue weighted by atomic mass is 32.2. The summed E-state index contributed by atoms with van der Waals surface area (Å²) in [5, 5.41) is 11.6. The summed E-state index contributed by atoms with van der Waals surface area (Å²) in [5.74, 6) is 1.35. The van der Waals surface area contributed by atoms with Crippen LogP contribution < -0.4 is 5.32 Å².